The molecule has 0 radical (unpaired) electrons. The summed E-state index contributed by atoms with van der Waals surface area (Å²) in [5.74, 6) is -0.613. The Morgan fingerprint density at radius 2 is 0.672 bits per heavy atom. The van der Waals surface area contributed by atoms with Gasteiger partial charge in [-0.15, -0.1) is 0 Å². The molecule has 0 aromatic rings. The van der Waals surface area contributed by atoms with E-state index in [-0.39, 0.29) is 25.2 Å². The van der Waals surface area contributed by atoms with Crippen molar-refractivity contribution in [2.45, 2.75) is 238 Å². The van der Waals surface area contributed by atoms with Crippen LogP contribution in [0.15, 0.2) is 109 Å². The zero-order valence-electron chi connectivity index (χ0n) is 41.5. The maximum atomic E-state index is 12.3. The summed E-state index contributed by atoms with van der Waals surface area (Å²) in [6.45, 7) is 4.01. The number of hydrogen-bond acceptors (Lipinski definition) is 5. The third kappa shape index (κ3) is 51.2. The molecule has 0 amide bonds. The van der Waals surface area contributed by atoms with Crippen LogP contribution in [0, 0.1) is 0 Å². The molecule has 5 nitrogen and oxygen atoms in total. The summed E-state index contributed by atoms with van der Waals surface area (Å²) in [7, 11) is 0. The molecule has 1 atom stereocenters. The molecule has 0 aromatic heterocycles. The van der Waals surface area contributed by atoms with Gasteiger partial charge in [-0.25, -0.2) is 0 Å². The molecular weight excluding hydrogens is 789 g/mol. The highest BCUT2D eigenvalue weighted by Gasteiger charge is 2.16. The van der Waals surface area contributed by atoms with Gasteiger partial charge < -0.3 is 14.6 Å². The van der Waals surface area contributed by atoms with Gasteiger partial charge in [0.2, 0.25) is 0 Å². The Labute approximate surface area is 395 Å². The molecule has 1 unspecified atom stereocenters. The second kappa shape index (κ2) is 53.9. The summed E-state index contributed by atoms with van der Waals surface area (Å²) in [5, 5.41) is 9.63. The highest BCUT2D eigenvalue weighted by Crippen LogP contribution is 2.14. The first kappa shape index (κ1) is 60.6. The monoisotopic (exact) mass is 887 g/mol. The lowest BCUT2D eigenvalue weighted by molar-refractivity contribution is -0.161. The van der Waals surface area contributed by atoms with E-state index in [0.717, 1.165) is 96.3 Å². The topological polar surface area (TPSA) is 72.8 Å². The minimum atomic E-state index is -0.788. The van der Waals surface area contributed by atoms with E-state index in [1.807, 2.05) is 0 Å². The highest BCUT2D eigenvalue weighted by molar-refractivity contribution is 5.70. The minimum absolute atomic E-state index is 0.0783. The van der Waals surface area contributed by atoms with Crippen LogP contribution in [0.1, 0.15) is 232 Å². The quantitative estimate of drug-likeness (QED) is 0.0374. The number of aliphatic hydroxyl groups is 1. The van der Waals surface area contributed by atoms with E-state index in [4.69, 9.17) is 9.47 Å². The zero-order valence-corrected chi connectivity index (χ0v) is 41.5. The second-order valence-electron chi connectivity index (χ2n) is 17.2. The smallest absolute Gasteiger partial charge is 0.306 e. The first-order valence-corrected chi connectivity index (χ1v) is 26.4. The van der Waals surface area contributed by atoms with E-state index in [2.05, 4.69) is 123 Å². The molecule has 364 valence electrons. The Kier molecular flexibility index (Phi) is 51.0. The Morgan fingerprint density at radius 3 is 1.03 bits per heavy atom. The molecule has 0 aromatic carbocycles. The number of aliphatic hydroxyl groups excluding tert-OH is 1. The molecule has 0 heterocycles. The van der Waals surface area contributed by atoms with Crippen LogP contribution in [-0.2, 0) is 19.1 Å². The van der Waals surface area contributed by atoms with Gasteiger partial charge in [0.15, 0.2) is 6.10 Å². The predicted octanol–water partition coefficient (Wildman–Crippen LogP) is 17.7. The molecule has 0 saturated heterocycles. The van der Waals surface area contributed by atoms with Crippen molar-refractivity contribution >= 4 is 11.9 Å². The van der Waals surface area contributed by atoms with Crippen molar-refractivity contribution in [3.05, 3.63) is 109 Å². The van der Waals surface area contributed by atoms with Crippen LogP contribution in [-0.4, -0.2) is 36.4 Å². The Hall–Kier alpha value is -3.44. The van der Waals surface area contributed by atoms with Crippen LogP contribution in [0.25, 0.3) is 0 Å². The number of esters is 2. The summed E-state index contributed by atoms with van der Waals surface area (Å²) < 4.78 is 10.7. The predicted molar refractivity (Wildman–Crippen MR) is 279 cm³/mol. The third-order valence-electron chi connectivity index (χ3n) is 11.1. The van der Waals surface area contributed by atoms with Gasteiger partial charge in [0.25, 0.3) is 0 Å². The van der Waals surface area contributed by atoms with Gasteiger partial charge >= 0.3 is 11.9 Å². The molecule has 0 fully saturated rings. The normalized spacial score (nSPS) is 13.1. The van der Waals surface area contributed by atoms with Gasteiger partial charge in [0.05, 0.1) is 6.61 Å². The van der Waals surface area contributed by atoms with Crippen molar-refractivity contribution < 1.29 is 24.2 Å². The van der Waals surface area contributed by atoms with Crippen LogP contribution in [0.5, 0.6) is 0 Å². The molecule has 0 bridgehead atoms. The number of carbonyl (C=O) groups is 2. The number of allylic oxidation sites excluding steroid dienone is 18. The highest BCUT2D eigenvalue weighted by atomic mass is 16.6. The van der Waals surface area contributed by atoms with Crippen molar-refractivity contribution in [3.8, 4) is 0 Å². The van der Waals surface area contributed by atoms with E-state index >= 15 is 0 Å². The molecular formula is C59H98O5. The minimum Gasteiger partial charge on any atom is -0.462 e. The second-order valence-corrected chi connectivity index (χ2v) is 17.2. The van der Waals surface area contributed by atoms with Gasteiger partial charge in [0.1, 0.15) is 6.61 Å². The molecule has 0 rings (SSSR count). The summed E-state index contributed by atoms with van der Waals surface area (Å²) in [6, 6.07) is 0. The standard InChI is InChI=1S/C59H98O5/c1-3-5-7-9-11-13-15-17-19-21-23-24-25-26-27-28-29-30-31-32-33-34-36-38-40-42-44-46-48-50-52-54-59(62)64-57(55-60)56-63-58(61)53-51-49-47-45-43-41-39-37-35-22-20-18-16-14-12-10-8-6-4-2/h5,7,11,13,17-20,23-24,26-27,29-30,32-33,36,38,57,60H,3-4,6,8-10,12,14-16,21-22,25,28,31,34-35,37,39-56H2,1-2H3/b7-5-,13-11-,19-17-,20-18-,24-23-,27-26-,30-29-,33-32-,38-36-. The fraction of sp³-hybridized carbons (Fsp3) is 0.661. The Morgan fingerprint density at radius 1 is 0.375 bits per heavy atom. The van der Waals surface area contributed by atoms with Crippen molar-refractivity contribution in [2.75, 3.05) is 13.2 Å². The lowest BCUT2D eigenvalue weighted by atomic mass is 10.1. The maximum Gasteiger partial charge on any atom is 0.306 e. The molecule has 0 aliphatic carbocycles. The average Bonchev–Trinajstić information content (AvgIpc) is 3.30. The SMILES string of the molecule is CC/C=C\C/C=C\C/C=C\C/C=C\C/C=C\C/C=C\C/C=C\C/C=C\CCCCCCCCC(=O)OC(CO)COC(=O)CCCCCCCCCCC/C=C\CCCCCCCC. The summed E-state index contributed by atoms with van der Waals surface area (Å²) in [5.41, 5.74) is 0. The van der Waals surface area contributed by atoms with Crippen molar-refractivity contribution in [2.24, 2.45) is 0 Å². The summed E-state index contributed by atoms with van der Waals surface area (Å²) in [4.78, 5) is 24.5. The molecule has 0 aliphatic heterocycles. The van der Waals surface area contributed by atoms with E-state index in [0.29, 0.717) is 12.8 Å². The third-order valence-corrected chi connectivity index (χ3v) is 11.1. The Bertz CT molecular complexity index is 1280. The number of hydrogen-bond donors (Lipinski definition) is 1. The number of ether oxygens (including phenoxy) is 2. The van der Waals surface area contributed by atoms with Crippen LogP contribution in [0.4, 0.5) is 0 Å². The van der Waals surface area contributed by atoms with Crippen LogP contribution in [0.3, 0.4) is 0 Å². The van der Waals surface area contributed by atoms with Crippen LogP contribution < -0.4 is 0 Å². The van der Waals surface area contributed by atoms with E-state index < -0.39 is 6.10 Å². The van der Waals surface area contributed by atoms with E-state index in [1.165, 1.54) is 109 Å². The van der Waals surface area contributed by atoms with Gasteiger partial charge in [-0.1, -0.05) is 226 Å². The van der Waals surface area contributed by atoms with Gasteiger partial charge in [0, 0.05) is 12.8 Å². The molecule has 64 heavy (non-hydrogen) atoms. The molecule has 1 N–H and O–H groups in total. The Balaban J connectivity index is 3.61. The maximum absolute atomic E-state index is 12.3. The van der Waals surface area contributed by atoms with Gasteiger partial charge in [-0.05, 0) is 103 Å². The van der Waals surface area contributed by atoms with Gasteiger partial charge in [-0.2, -0.15) is 0 Å². The fourth-order valence-electron chi connectivity index (χ4n) is 7.09. The van der Waals surface area contributed by atoms with Crippen molar-refractivity contribution in [1.29, 1.82) is 0 Å². The van der Waals surface area contributed by atoms with Crippen molar-refractivity contribution in [1.82, 2.24) is 0 Å². The lowest BCUT2D eigenvalue weighted by Crippen LogP contribution is -2.28. The molecule has 5 heteroatoms. The first-order chi connectivity index (χ1) is 31.6. The first-order valence-electron chi connectivity index (χ1n) is 26.4. The van der Waals surface area contributed by atoms with Crippen molar-refractivity contribution in [3.63, 3.8) is 0 Å². The van der Waals surface area contributed by atoms with Crippen LogP contribution >= 0.6 is 0 Å². The zero-order chi connectivity index (χ0) is 46.3. The summed E-state index contributed by atoms with van der Waals surface area (Å²) in [6.07, 6.45) is 77.5. The molecule has 0 spiro atoms. The molecule has 0 aliphatic rings. The fourth-order valence-corrected chi connectivity index (χ4v) is 7.09. The van der Waals surface area contributed by atoms with Crippen LogP contribution in [0.2, 0.25) is 0 Å². The average molecular weight is 887 g/mol. The summed E-state index contributed by atoms with van der Waals surface area (Å²) >= 11 is 0. The molecule has 0 saturated carbocycles. The van der Waals surface area contributed by atoms with Gasteiger partial charge in [-0.3, -0.25) is 9.59 Å². The largest absolute Gasteiger partial charge is 0.462 e. The van der Waals surface area contributed by atoms with E-state index in [9.17, 15) is 14.7 Å². The van der Waals surface area contributed by atoms with E-state index in [1.54, 1.807) is 0 Å². The lowest BCUT2D eigenvalue weighted by Gasteiger charge is -2.15. The number of carbonyl (C=O) groups excluding carboxylic acids is 2. The number of unbranched alkanes of at least 4 members (excludes halogenated alkanes) is 21. The number of rotatable bonds is 47.